The van der Waals surface area contributed by atoms with Crippen molar-refractivity contribution in [2.45, 2.75) is 6.18 Å². The van der Waals surface area contributed by atoms with Crippen LogP contribution in [-0.2, 0) is 6.18 Å². The van der Waals surface area contributed by atoms with Gasteiger partial charge in [-0.3, -0.25) is 0 Å². The lowest BCUT2D eigenvalue weighted by Gasteiger charge is -2.36. The van der Waals surface area contributed by atoms with Crippen molar-refractivity contribution < 1.29 is 27.4 Å². The van der Waals surface area contributed by atoms with E-state index in [0.717, 1.165) is 17.8 Å². The zero-order valence-electron chi connectivity index (χ0n) is 16.4. The number of ether oxygens (including phenoxy) is 2. The van der Waals surface area contributed by atoms with Crippen LogP contribution in [0, 0.1) is 0 Å². The van der Waals surface area contributed by atoms with Crippen LogP contribution in [0.3, 0.4) is 0 Å². The Hall–Kier alpha value is -2.81. The maximum atomic E-state index is 13.2. The van der Waals surface area contributed by atoms with E-state index < -0.39 is 17.8 Å². The van der Waals surface area contributed by atoms with Gasteiger partial charge in [-0.2, -0.15) is 13.2 Å². The third-order valence-corrected chi connectivity index (χ3v) is 5.06. The number of hydrogen-bond donors (Lipinski definition) is 1. The van der Waals surface area contributed by atoms with Gasteiger partial charge in [-0.05, 0) is 30.3 Å². The summed E-state index contributed by atoms with van der Waals surface area (Å²) < 4.78 is 50.3. The first-order chi connectivity index (χ1) is 14.2. The molecule has 0 atom stereocenters. The van der Waals surface area contributed by atoms with E-state index in [9.17, 15) is 18.0 Å². The second kappa shape index (κ2) is 8.91. The van der Waals surface area contributed by atoms with Crippen molar-refractivity contribution in [2.75, 3.05) is 50.6 Å². The molecule has 30 heavy (non-hydrogen) atoms. The summed E-state index contributed by atoms with van der Waals surface area (Å²) in [5.41, 5.74) is -0.448. The second-order valence-electron chi connectivity index (χ2n) is 6.63. The van der Waals surface area contributed by atoms with E-state index in [2.05, 4.69) is 5.32 Å². The molecule has 2 aromatic rings. The smallest absolute Gasteiger partial charge is 0.418 e. The van der Waals surface area contributed by atoms with Crippen LogP contribution in [0.1, 0.15) is 5.56 Å². The normalized spacial score (nSPS) is 14.5. The highest BCUT2D eigenvalue weighted by atomic mass is 35.5. The molecule has 1 N–H and O–H groups in total. The lowest BCUT2D eigenvalue weighted by molar-refractivity contribution is -0.136. The fourth-order valence-electron chi connectivity index (χ4n) is 3.25. The number of halogens is 4. The number of carbonyl (C=O) groups excluding carboxylic acids is 1. The number of nitrogens with zero attached hydrogens (tertiary/aromatic N) is 2. The first-order valence-corrected chi connectivity index (χ1v) is 9.50. The first-order valence-electron chi connectivity index (χ1n) is 9.12. The average molecular weight is 444 g/mol. The predicted molar refractivity (Wildman–Crippen MR) is 109 cm³/mol. The molecule has 1 saturated heterocycles. The third kappa shape index (κ3) is 4.84. The summed E-state index contributed by atoms with van der Waals surface area (Å²) in [6.45, 7) is 1.69. The standard InChI is InChI=1S/C20H21ClF3N3O3/c1-29-14-4-6-17(18(12-14)30-2)26-7-9-27(10-8-26)19(28)25-16-5-3-13(21)11-15(16)20(22,23)24/h3-6,11-12H,7-10H2,1-2H3,(H,25,28). The Kier molecular flexibility index (Phi) is 6.50. The zero-order chi connectivity index (χ0) is 21.9. The Morgan fingerprint density at radius 3 is 2.33 bits per heavy atom. The van der Waals surface area contributed by atoms with E-state index in [1.807, 2.05) is 17.0 Å². The fourth-order valence-corrected chi connectivity index (χ4v) is 3.42. The molecule has 0 bridgehead atoms. The summed E-state index contributed by atoms with van der Waals surface area (Å²) >= 11 is 5.68. The Bertz CT molecular complexity index is 916. The summed E-state index contributed by atoms with van der Waals surface area (Å²) in [4.78, 5) is 16.1. The lowest BCUT2D eigenvalue weighted by Crippen LogP contribution is -2.50. The highest BCUT2D eigenvalue weighted by Gasteiger charge is 2.35. The third-order valence-electron chi connectivity index (χ3n) is 4.82. The van der Waals surface area contributed by atoms with E-state index in [-0.39, 0.29) is 10.7 Å². The number of benzene rings is 2. The molecule has 6 nitrogen and oxygen atoms in total. The van der Waals surface area contributed by atoms with Gasteiger partial charge >= 0.3 is 12.2 Å². The molecule has 162 valence electrons. The van der Waals surface area contributed by atoms with Gasteiger partial charge in [0, 0.05) is 37.3 Å². The van der Waals surface area contributed by atoms with Crippen LogP contribution in [0.25, 0.3) is 0 Å². The SMILES string of the molecule is COc1ccc(N2CCN(C(=O)Nc3ccc(Cl)cc3C(F)(F)F)CC2)c(OC)c1. The van der Waals surface area contributed by atoms with Crippen molar-refractivity contribution in [1.82, 2.24) is 4.90 Å². The molecule has 1 fully saturated rings. The molecule has 1 heterocycles. The van der Waals surface area contributed by atoms with E-state index in [4.69, 9.17) is 21.1 Å². The number of alkyl halides is 3. The number of carbonyl (C=O) groups is 1. The van der Waals surface area contributed by atoms with Gasteiger partial charge in [-0.15, -0.1) is 0 Å². The largest absolute Gasteiger partial charge is 0.497 e. The van der Waals surface area contributed by atoms with Gasteiger partial charge in [0.25, 0.3) is 0 Å². The molecule has 0 spiro atoms. The molecule has 2 aromatic carbocycles. The van der Waals surface area contributed by atoms with Crippen LogP contribution in [0.2, 0.25) is 5.02 Å². The molecule has 10 heteroatoms. The van der Waals surface area contributed by atoms with Crippen LogP contribution in [0.15, 0.2) is 36.4 Å². The maximum Gasteiger partial charge on any atom is 0.418 e. The van der Waals surface area contributed by atoms with Gasteiger partial charge in [0.2, 0.25) is 0 Å². The lowest BCUT2D eigenvalue weighted by atomic mass is 10.1. The number of urea groups is 1. The topological polar surface area (TPSA) is 54.0 Å². The number of piperazine rings is 1. The molecule has 1 aliphatic rings. The van der Waals surface area contributed by atoms with E-state index in [0.29, 0.717) is 37.7 Å². The molecule has 0 saturated carbocycles. The van der Waals surface area contributed by atoms with Gasteiger partial charge in [0.1, 0.15) is 11.5 Å². The predicted octanol–water partition coefficient (Wildman–Crippen LogP) is 4.73. The van der Waals surface area contributed by atoms with Crippen molar-refractivity contribution >= 4 is 29.0 Å². The molecule has 3 rings (SSSR count). The Morgan fingerprint density at radius 2 is 1.73 bits per heavy atom. The van der Waals surface area contributed by atoms with Crippen LogP contribution < -0.4 is 19.7 Å². The van der Waals surface area contributed by atoms with Gasteiger partial charge < -0.3 is 24.6 Å². The minimum Gasteiger partial charge on any atom is -0.497 e. The number of hydrogen-bond acceptors (Lipinski definition) is 4. The van der Waals surface area contributed by atoms with Crippen LogP contribution in [-0.4, -0.2) is 51.3 Å². The highest BCUT2D eigenvalue weighted by Crippen LogP contribution is 2.37. The van der Waals surface area contributed by atoms with Crippen LogP contribution in [0.4, 0.5) is 29.3 Å². The van der Waals surface area contributed by atoms with E-state index in [1.165, 1.54) is 11.0 Å². The van der Waals surface area contributed by atoms with Crippen molar-refractivity contribution in [3.63, 3.8) is 0 Å². The summed E-state index contributed by atoms with van der Waals surface area (Å²) in [5.74, 6) is 1.31. The molecule has 2 amide bonds. The summed E-state index contributed by atoms with van der Waals surface area (Å²) in [6, 6.07) is 8.12. The molecule has 0 aliphatic carbocycles. The van der Waals surface area contributed by atoms with E-state index in [1.54, 1.807) is 20.3 Å². The van der Waals surface area contributed by atoms with Gasteiger partial charge in [-0.25, -0.2) is 4.79 Å². The first kappa shape index (κ1) is 21.9. The van der Waals surface area contributed by atoms with Gasteiger partial charge in [-0.1, -0.05) is 11.6 Å². The van der Waals surface area contributed by atoms with Crippen molar-refractivity contribution in [2.24, 2.45) is 0 Å². The molecule has 1 aliphatic heterocycles. The van der Waals surface area contributed by atoms with Crippen molar-refractivity contribution in [3.8, 4) is 11.5 Å². The zero-order valence-corrected chi connectivity index (χ0v) is 17.2. The highest BCUT2D eigenvalue weighted by molar-refractivity contribution is 6.30. The number of anilines is 2. The Morgan fingerprint density at radius 1 is 1.03 bits per heavy atom. The van der Waals surface area contributed by atoms with Crippen LogP contribution >= 0.6 is 11.6 Å². The molecule has 0 aromatic heterocycles. The number of rotatable bonds is 4. The molecule has 0 unspecified atom stereocenters. The van der Waals surface area contributed by atoms with Gasteiger partial charge in [0.05, 0.1) is 31.2 Å². The second-order valence-corrected chi connectivity index (χ2v) is 7.07. The number of nitrogens with one attached hydrogen (secondary N) is 1. The maximum absolute atomic E-state index is 13.2. The molecular formula is C20H21ClF3N3O3. The van der Waals surface area contributed by atoms with Gasteiger partial charge in [0.15, 0.2) is 0 Å². The fraction of sp³-hybridized carbons (Fsp3) is 0.350. The number of amides is 2. The summed E-state index contributed by atoms with van der Waals surface area (Å²) in [6.07, 6.45) is -4.63. The minimum atomic E-state index is -4.63. The molecule has 0 radical (unpaired) electrons. The van der Waals surface area contributed by atoms with Crippen molar-refractivity contribution in [1.29, 1.82) is 0 Å². The Balaban J connectivity index is 1.67. The average Bonchev–Trinajstić information content (AvgIpc) is 2.73. The van der Waals surface area contributed by atoms with E-state index >= 15 is 0 Å². The number of methoxy groups -OCH3 is 2. The van der Waals surface area contributed by atoms with Crippen LogP contribution in [0.5, 0.6) is 11.5 Å². The Labute approximate surface area is 177 Å². The summed E-state index contributed by atoms with van der Waals surface area (Å²) in [5, 5.41) is 2.30. The quantitative estimate of drug-likeness (QED) is 0.742. The summed E-state index contributed by atoms with van der Waals surface area (Å²) in [7, 11) is 3.13. The molecular weight excluding hydrogens is 423 g/mol. The minimum absolute atomic E-state index is 0.0534. The van der Waals surface area contributed by atoms with Crippen molar-refractivity contribution in [3.05, 3.63) is 47.0 Å². The monoisotopic (exact) mass is 443 g/mol.